The van der Waals surface area contributed by atoms with Crippen LogP contribution in [-0.4, -0.2) is 37.6 Å². The van der Waals surface area contributed by atoms with Crippen molar-refractivity contribution in [1.29, 1.82) is 0 Å². The van der Waals surface area contributed by atoms with Crippen molar-refractivity contribution in [1.82, 2.24) is 10.2 Å². The van der Waals surface area contributed by atoms with Gasteiger partial charge in [-0.15, -0.1) is 0 Å². The summed E-state index contributed by atoms with van der Waals surface area (Å²) >= 11 is 1.89. The van der Waals surface area contributed by atoms with Crippen LogP contribution in [0.25, 0.3) is 5.57 Å². The van der Waals surface area contributed by atoms with Crippen LogP contribution < -0.4 is 5.32 Å². The van der Waals surface area contributed by atoms with Gasteiger partial charge in [-0.05, 0) is 75.8 Å². The number of nitrogens with zero attached hydrogens (tertiary/aromatic N) is 1. The number of likely N-dealkylation sites (N-methyl/N-ethyl adjacent to an activating group) is 1. The van der Waals surface area contributed by atoms with Crippen molar-refractivity contribution in [2.75, 3.05) is 27.2 Å². The summed E-state index contributed by atoms with van der Waals surface area (Å²) in [6, 6.07) is 15.7. The molecule has 2 aromatic rings. The number of aryl methyl sites for hydroxylation is 1. The maximum absolute atomic E-state index is 3.65. The van der Waals surface area contributed by atoms with E-state index in [2.05, 4.69) is 79.8 Å². The van der Waals surface area contributed by atoms with Gasteiger partial charge in [0, 0.05) is 15.3 Å². The third-order valence-electron chi connectivity index (χ3n) is 5.62. The number of fused-ring (bicyclic) bond motifs is 2. The van der Waals surface area contributed by atoms with E-state index in [1.165, 1.54) is 32.1 Å². The highest BCUT2D eigenvalue weighted by molar-refractivity contribution is 7.99. The fourth-order valence-corrected chi connectivity index (χ4v) is 4.99. The number of piperidine rings is 1. The number of hydrogen-bond donors (Lipinski definition) is 1. The number of benzene rings is 2. The normalized spacial score (nSPS) is 21.0. The van der Waals surface area contributed by atoms with Gasteiger partial charge in [0.05, 0.1) is 0 Å². The molecular weight excluding hydrogens is 324 g/mol. The molecule has 25 heavy (non-hydrogen) atoms. The molecule has 130 valence electrons. The van der Waals surface area contributed by atoms with E-state index >= 15 is 0 Å². The first kappa shape index (κ1) is 16.9. The fraction of sp³-hybridized carbons (Fsp3) is 0.364. The average molecular weight is 351 g/mol. The van der Waals surface area contributed by atoms with Crippen molar-refractivity contribution in [2.45, 2.75) is 35.1 Å². The molecule has 0 atom stereocenters. The Morgan fingerprint density at radius 1 is 1.04 bits per heavy atom. The van der Waals surface area contributed by atoms with Gasteiger partial charge in [0.2, 0.25) is 0 Å². The Labute approximate surface area is 155 Å². The fourth-order valence-electron chi connectivity index (χ4n) is 3.90. The van der Waals surface area contributed by atoms with E-state index in [1.54, 1.807) is 0 Å². The summed E-state index contributed by atoms with van der Waals surface area (Å²) in [7, 11) is 4.33. The Morgan fingerprint density at radius 3 is 2.52 bits per heavy atom. The summed E-state index contributed by atoms with van der Waals surface area (Å²) in [5.74, 6) is 0. The highest BCUT2D eigenvalue weighted by Crippen LogP contribution is 2.46. The molecule has 2 aromatic carbocycles. The summed E-state index contributed by atoms with van der Waals surface area (Å²) in [6.07, 6.45) is 4.83. The largest absolute Gasteiger partial charge is 0.311 e. The number of hydrogen-bond acceptors (Lipinski definition) is 3. The maximum Gasteiger partial charge on any atom is 0.0395 e. The molecule has 0 bridgehead atoms. The second kappa shape index (κ2) is 6.64. The zero-order valence-corrected chi connectivity index (χ0v) is 16.1. The van der Waals surface area contributed by atoms with E-state index in [1.807, 2.05) is 11.8 Å². The molecule has 2 aliphatic heterocycles. The molecule has 1 N–H and O–H groups in total. The van der Waals surface area contributed by atoms with Gasteiger partial charge in [-0.1, -0.05) is 53.7 Å². The molecule has 0 aromatic heterocycles. The molecule has 2 nitrogen and oxygen atoms in total. The van der Waals surface area contributed by atoms with Gasteiger partial charge < -0.3 is 10.2 Å². The molecule has 4 rings (SSSR count). The van der Waals surface area contributed by atoms with E-state index < -0.39 is 0 Å². The summed E-state index contributed by atoms with van der Waals surface area (Å²) in [4.78, 5) is 5.16. The topological polar surface area (TPSA) is 15.3 Å². The number of nitrogens with one attached hydrogen (secondary N) is 1. The van der Waals surface area contributed by atoms with Crippen molar-refractivity contribution < 1.29 is 0 Å². The number of rotatable bonds is 2. The van der Waals surface area contributed by atoms with Crippen molar-refractivity contribution in [2.24, 2.45) is 0 Å². The summed E-state index contributed by atoms with van der Waals surface area (Å²) < 4.78 is 0. The lowest BCUT2D eigenvalue weighted by Crippen LogP contribution is -2.50. The van der Waals surface area contributed by atoms with Crippen LogP contribution in [0, 0.1) is 6.92 Å². The van der Waals surface area contributed by atoms with Crippen LogP contribution in [0.15, 0.2) is 58.3 Å². The first-order valence-corrected chi connectivity index (χ1v) is 9.90. The van der Waals surface area contributed by atoms with Crippen molar-refractivity contribution in [3.63, 3.8) is 0 Å². The molecule has 0 radical (unpaired) electrons. The summed E-state index contributed by atoms with van der Waals surface area (Å²) in [5.41, 5.74) is 5.56. The molecule has 1 fully saturated rings. The maximum atomic E-state index is 3.65. The van der Waals surface area contributed by atoms with E-state index in [-0.39, 0.29) is 5.54 Å². The van der Waals surface area contributed by atoms with Crippen LogP contribution in [0.1, 0.15) is 29.5 Å². The predicted molar refractivity (Wildman–Crippen MR) is 107 cm³/mol. The van der Waals surface area contributed by atoms with Crippen molar-refractivity contribution >= 4 is 17.3 Å². The van der Waals surface area contributed by atoms with Gasteiger partial charge in [0.25, 0.3) is 0 Å². The minimum absolute atomic E-state index is 0.0813. The Morgan fingerprint density at radius 2 is 1.76 bits per heavy atom. The Kier molecular flexibility index (Phi) is 4.48. The minimum Gasteiger partial charge on any atom is -0.311 e. The third-order valence-corrected chi connectivity index (χ3v) is 6.77. The van der Waals surface area contributed by atoms with E-state index in [0.29, 0.717) is 0 Å². The van der Waals surface area contributed by atoms with E-state index in [9.17, 15) is 0 Å². The first-order chi connectivity index (χ1) is 12.1. The molecule has 0 saturated carbocycles. The van der Waals surface area contributed by atoms with Gasteiger partial charge in [0.1, 0.15) is 0 Å². The number of likely N-dealkylation sites (tertiary alicyclic amines) is 1. The SMILES string of the molecule is CNC1(C=C2c3ccccc3Sc3ccc(C)cc32)CCN(C)CC1. The second-order valence-corrected chi connectivity index (χ2v) is 8.45. The molecule has 3 heteroatoms. The average Bonchev–Trinajstić information content (AvgIpc) is 2.64. The molecule has 2 heterocycles. The molecule has 0 spiro atoms. The monoisotopic (exact) mass is 350 g/mol. The highest BCUT2D eigenvalue weighted by Gasteiger charge is 2.32. The van der Waals surface area contributed by atoms with Crippen LogP contribution in [0.5, 0.6) is 0 Å². The summed E-state index contributed by atoms with van der Waals surface area (Å²) in [5, 5.41) is 3.65. The summed E-state index contributed by atoms with van der Waals surface area (Å²) in [6.45, 7) is 4.47. The van der Waals surface area contributed by atoms with Gasteiger partial charge in [-0.25, -0.2) is 0 Å². The Balaban J connectivity index is 1.87. The zero-order valence-electron chi connectivity index (χ0n) is 15.3. The Hall–Kier alpha value is -1.55. The zero-order chi connectivity index (χ0) is 17.4. The molecule has 0 amide bonds. The van der Waals surface area contributed by atoms with Crippen LogP contribution in [0.4, 0.5) is 0 Å². The van der Waals surface area contributed by atoms with Crippen LogP contribution in [0.3, 0.4) is 0 Å². The standard InChI is InChI=1S/C22H26N2S/c1-16-8-9-21-18(14-16)19(17-6-4-5-7-20(17)25-21)15-22(23-2)10-12-24(3)13-11-22/h4-9,14-15,23H,10-13H2,1-3H3. The molecule has 0 aliphatic carbocycles. The van der Waals surface area contributed by atoms with Crippen molar-refractivity contribution in [3.05, 3.63) is 65.2 Å². The molecular formula is C22H26N2S. The lowest BCUT2D eigenvalue weighted by Gasteiger charge is -2.39. The van der Waals surface area contributed by atoms with E-state index in [0.717, 1.165) is 25.9 Å². The second-order valence-electron chi connectivity index (χ2n) is 7.37. The van der Waals surface area contributed by atoms with Crippen LogP contribution >= 0.6 is 11.8 Å². The van der Waals surface area contributed by atoms with Crippen molar-refractivity contribution in [3.8, 4) is 0 Å². The van der Waals surface area contributed by atoms with Gasteiger partial charge >= 0.3 is 0 Å². The smallest absolute Gasteiger partial charge is 0.0395 e. The minimum atomic E-state index is 0.0813. The molecule has 0 unspecified atom stereocenters. The molecule has 1 saturated heterocycles. The lowest BCUT2D eigenvalue weighted by atomic mass is 9.82. The highest BCUT2D eigenvalue weighted by atomic mass is 32.2. The first-order valence-electron chi connectivity index (χ1n) is 9.09. The molecule has 2 aliphatic rings. The van der Waals surface area contributed by atoms with Gasteiger partial charge in [-0.2, -0.15) is 0 Å². The van der Waals surface area contributed by atoms with E-state index in [4.69, 9.17) is 0 Å². The predicted octanol–water partition coefficient (Wildman–Crippen LogP) is 4.58. The lowest BCUT2D eigenvalue weighted by molar-refractivity contribution is 0.198. The third kappa shape index (κ3) is 3.17. The van der Waals surface area contributed by atoms with Gasteiger partial charge in [0.15, 0.2) is 0 Å². The van der Waals surface area contributed by atoms with Gasteiger partial charge in [-0.3, -0.25) is 0 Å². The van der Waals surface area contributed by atoms with Crippen LogP contribution in [0.2, 0.25) is 0 Å². The quantitative estimate of drug-likeness (QED) is 0.728. The van der Waals surface area contributed by atoms with Crippen LogP contribution in [-0.2, 0) is 0 Å². The Bertz CT molecular complexity index is 817.